The van der Waals surface area contributed by atoms with E-state index in [0.717, 1.165) is 27.8 Å². The number of imidazole rings is 1. The Bertz CT molecular complexity index is 902. The van der Waals surface area contributed by atoms with E-state index in [0.29, 0.717) is 11.5 Å². The highest BCUT2D eigenvalue weighted by molar-refractivity contribution is 7.99. The number of rotatable bonds is 3. The number of nitrogens with zero attached hydrogens (tertiary/aromatic N) is 4. The lowest BCUT2D eigenvalue weighted by atomic mass is 10.1. The fraction of sp³-hybridized carbons (Fsp3) is 0.312. The van der Waals surface area contributed by atoms with Crippen molar-refractivity contribution in [1.82, 2.24) is 19.7 Å². The molecule has 0 aliphatic rings. The molecule has 0 aliphatic carbocycles. The first-order valence-corrected chi connectivity index (χ1v) is 8.31. The quantitative estimate of drug-likeness (QED) is 0.653. The van der Waals surface area contributed by atoms with Crippen LogP contribution in [0, 0.1) is 6.92 Å². The van der Waals surface area contributed by atoms with Crippen LogP contribution in [-0.2, 0) is 13.2 Å². The van der Waals surface area contributed by atoms with Crippen LogP contribution in [-0.4, -0.2) is 25.5 Å². The van der Waals surface area contributed by atoms with Gasteiger partial charge in [0, 0.05) is 23.6 Å². The number of aromatic nitrogens is 4. The van der Waals surface area contributed by atoms with E-state index in [4.69, 9.17) is 0 Å². The van der Waals surface area contributed by atoms with Gasteiger partial charge < -0.3 is 4.57 Å². The molecule has 0 saturated carbocycles. The van der Waals surface area contributed by atoms with Crippen molar-refractivity contribution < 1.29 is 13.2 Å². The van der Waals surface area contributed by atoms with Crippen molar-refractivity contribution in [2.24, 2.45) is 7.05 Å². The van der Waals surface area contributed by atoms with Crippen LogP contribution in [0.1, 0.15) is 18.2 Å². The third-order valence-electron chi connectivity index (χ3n) is 3.59. The second-order valence-electron chi connectivity index (χ2n) is 5.36. The summed E-state index contributed by atoms with van der Waals surface area (Å²) in [5.74, 6) is 1.47. The molecule has 0 aliphatic heterocycles. The average Bonchev–Trinajstić information content (AvgIpc) is 2.83. The first-order chi connectivity index (χ1) is 11.3. The van der Waals surface area contributed by atoms with E-state index in [2.05, 4.69) is 21.2 Å². The van der Waals surface area contributed by atoms with Gasteiger partial charge >= 0.3 is 6.18 Å². The SMILES string of the molecule is CCSc1cc(C)ccc1-c1nc2cc(C(F)(F)F)nnc2n1C. The zero-order valence-corrected chi connectivity index (χ0v) is 14.2. The molecule has 0 fully saturated rings. The molecule has 4 nitrogen and oxygen atoms in total. The fourth-order valence-electron chi connectivity index (χ4n) is 2.45. The normalized spacial score (nSPS) is 12.1. The molecule has 0 radical (unpaired) electrons. The van der Waals surface area contributed by atoms with Gasteiger partial charge in [-0.05, 0) is 30.4 Å². The average molecular weight is 352 g/mol. The van der Waals surface area contributed by atoms with Crippen LogP contribution in [0.3, 0.4) is 0 Å². The van der Waals surface area contributed by atoms with Crippen molar-refractivity contribution in [3.8, 4) is 11.4 Å². The van der Waals surface area contributed by atoms with E-state index in [9.17, 15) is 13.2 Å². The van der Waals surface area contributed by atoms with Gasteiger partial charge in [0.25, 0.3) is 0 Å². The van der Waals surface area contributed by atoms with E-state index in [1.54, 1.807) is 23.4 Å². The molecule has 3 rings (SSSR count). The number of alkyl halides is 3. The summed E-state index contributed by atoms with van der Waals surface area (Å²) < 4.78 is 40.1. The predicted octanol–water partition coefficient (Wildman–Crippen LogP) is 4.47. The lowest BCUT2D eigenvalue weighted by molar-refractivity contribution is -0.141. The Hall–Kier alpha value is -2.09. The molecule has 2 aromatic heterocycles. The molecule has 8 heteroatoms. The van der Waals surface area contributed by atoms with Crippen LogP contribution in [0.2, 0.25) is 0 Å². The van der Waals surface area contributed by atoms with Crippen LogP contribution in [0.5, 0.6) is 0 Å². The Morgan fingerprint density at radius 1 is 1.17 bits per heavy atom. The van der Waals surface area contributed by atoms with Crippen LogP contribution < -0.4 is 0 Å². The Kier molecular flexibility index (Phi) is 4.25. The summed E-state index contributed by atoms with van der Waals surface area (Å²) in [6.45, 7) is 4.05. The van der Waals surface area contributed by atoms with Gasteiger partial charge in [0.05, 0.1) is 0 Å². The van der Waals surface area contributed by atoms with Crippen molar-refractivity contribution in [3.05, 3.63) is 35.5 Å². The Morgan fingerprint density at radius 3 is 2.58 bits per heavy atom. The smallest absolute Gasteiger partial charge is 0.310 e. The summed E-state index contributed by atoms with van der Waals surface area (Å²) in [5, 5.41) is 6.99. The first-order valence-electron chi connectivity index (χ1n) is 7.32. The molecule has 0 spiro atoms. The maximum atomic E-state index is 12.8. The van der Waals surface area contributed by atoms with Gasteiger partial charge in [0.2, 0.25) is 0 Å². The highest BCUT2D eigenvalue weighted by Crippen LogP contribution is 2.34. The molecule has 1 aromatic carbocycles. The first kappa shape index (κ1) is 16.8. The molecule has 0 unspecified atom stereocenters. The molecule has 3 aromatic rings. The van der Waals surface area contributed by atoms with Gasteiger partial charge in [-0.25, -0.2) is 4.98 Å². The second-order valence-corrected chi connectivity index (χ2v) is 6.67. The van der Waals surface area contributed by atoms with Crippen molar-refractivity contribution >= 4 is 22.9 Å². The fourth-order valence-corrected chi connectivity index (χ4v) is 3.35. The Balaban J connectivity index is 2.19. The van der Waals surface area contributed by atoms with Gasteiger partial charge in [-0.3, -0.25) is 0 Å². The number of hydrogen-bond donors (Lipinski definition) is 0. The summed E-state index contributed by atoms with van der Waals surface area (Å²) >= 11 is 1.67. The number of hydrogen-bond acceptors (Lipinski definition) is 4. The molecule has 2 heterocycles. The number of halogens is 3. The van der Waals surface area contributed by atoms with Gasteiger partial charge in [-0.15, -0.1) is 22.0 Å². The van der Waals surface area contributed by atoms with Gasteiger partial charge in [0.15, 0.2) is 11.3 Å². The largest absolute Gasteiger partial charge is 0.435 e. The topological polar surface area (TPSA) is 43.6 Å². The summed E-state index contributed by atoms with van der Waals surface area (Å²) in [6, 6.07) is 6.89. The van der Waals surface area contributed by atoms with Crippen molar-refractivity contribution in [3.63, 3.8) is 0 Å². The third-order valence-corrected chi connectivity index (χ3v) is 4.52. The zero-order chi connectivity index (χ0) is 17.5. The second kappa shape index (κ2) is 6.08. The summed E-state index contributed by atoms with van der Waals surface area (Å²) in [7, 11) is 1.73. The summed E-state index contributed by atoms with van der Waals surface area (Å²) in [6.07, 6.45) is -4.54. The molecule has 126 valence electrons. The summed E-state index contributed by atoms with van der Waals surface area (Å²) in [5.41, 5.74) is 1.47. The highest BCUT2D eigenvalue weighted by atomic mass is 32.2. The molecule has 0 atom stereocenters. The monoisotopic (exact) mass is 352 g/mol. The molecular weight excluding hydrogens is 337 g/mol. The Labute approximate surface area is 141 Å². The van der Waals surface area contributed by atoms with Crippen molar-refractivity contribution in [1.29, 1.82) is 0 Å². The number of benzene rings is 1. The zero-order valence-electron chi connectivity index (χ0n) is 13.3. The molecule has 0 bridgehead atoms. The minimum atomic E-state index is -4.54. The summed E-state index contributed by atoms with van der Waals surface area (Å²) in [4.78, 5) is 5.42. The van der Waals surface area contributed by atoms with Crippen LogP contribution in [0.15, 0.2) is 29.2 Å². The lowest BCUT2D eigenvalue weighted by Gasteiger charge is -2.09. The van der Waals surface area contributed by atoms with Gasteiger partial charge in [-0.2, -0.15) is 13.2 Å². The maximum Gasteiger partial charge on any atom is 0.435 e. The van der Waals surface area contributed by atoms with E-state index in [1.165, 1.54) is 0 Å². The molecule has 0 N–H and O–H groups in total. The predicted molar refractivity (Wildman–Crippen MR) is 87.9 cm³/mol. The van der Waals surface area contributed by atoms with E-state index in [1.807, 2.05) is 26.0 Å². The van der Waals surface area contributed by atoms with E-state index < -0.39 is 11.9 Å². The molecule has 0 amide bonds. The van der Waals surface area contributed by atoms with E-state index in [-0.39, 0.29) is 5.52 Å². The molecule has 24 heavy (non-hydrogen) atoms. The van der Waals surface area contributed by atoms with Crippen molar-refractivity contribution in [2.75, 3.05) is 5.75 Å². The van der Waals surface area contributed by atoms with Crippen LogP contribution in [0.4, 0.5) is 13.2 Å². The van der Waals surface area contributed by atoms with Gasteiger partial charge in [-0.1, -0.05) is 13.0 Å². The highest BCUT2D eigenvalue weighted by Gasteiger charge is 2.34. The van der Waals surface area contributed by atoms with E-state index >= 15 is 0 Å². The van der Waals surface area contributed by atoms with Crippen LogP contribution >= 0.6 is 11.8 Å². The number of fused-ring (bicyclic) bond motifs is 1. The third kappa shape index (κ3) is 2.98. The number of aryl methyl sites for hydroxylation is 2. The number of thioether (sulfide) groups is 1. The molecule has 0 saturated heterocycles. The Morgan fingerprint density at radius 2 is 1.92 bits per heavy atom. The maximum absolute atomic E-state index is 12.8. The lowest BCUT2D eigenvalue weighted by Crippen LogP contribution is -2.09. The minimum absolute atomic E-state index is 0.183. The minimum Gasteiger partial charge on any atom is -0.310 e. The van der Waals surface area contributed by atoms with Gasteiger partial charge in [0.1, 0.15) is 11.3 Å². The van der Waals surface area contributed by atoms with Crippen LogP contribution in [0.25, 0.3) is 22.6 Å². The van der Waals surface area contributed by atoms with Crippen molar-refractivity contribution in [2.45, 2.75) is 24.9 Å². The molecular formula is C16H15F3N4S. The standard InChI is InChI=1S/C16H15F3N4S/c1-4-24-12-7-9(2)5-6-10(12)14-20-11-8-13(16(17,18)19)21-22-15(11)23(14)3/h5-8H,4H2,1-3H3.